The number of nitrogens with one attached hydrogen (secondary N) is 2. The summed E-state index contributed by atoms with van der Waals surface area (Å²) in [4.78, 5) is 12.0. The van der Waals surface area contributed by atoms with Crippen LogP contribution < -0.4 is 16.4 Å². The lowest BCUT2D eigenvalue weighted by Gasteiger charge is -2.36. The van der Waals surface area contributed by atoms with Crippen LogP contribution in [-0.4, -0.2) is 24.7 Å². The maximum Gasteiger partial charge on any atom is 0.416 e. The Hall–Kier alpha value is -2.54. The molecule has 1 unspecified atom stereocenters. The molecule has 29 heavy (non-hydrogen) atoms. The normalized spacial score (nSPS) is 19.9. The fraction of sp³-hybridized carbons (Fsp3) is 0.409. The Kier molecular flexibility index (Phi) is 6.79. The predicted octanol–water partition coefficient (Wildman–Crippen LogP) is 4.21. The van der Waals surface area contributed by atoms with Crippen LogP contribution in [0.4, 0.5) is 18.0 Å². The van der Waals surface area contributed by atoms with Crippen LogP contribution in [0, 0.1) is 0 Å². The van der Waals surface area contributed by atoms with Gasteiger partial charge < -0.3 is 16.4 Å². The quantitative estimate of drug-likeness (QED) is 0.646. The summed E-state index contributed by atoms with van der Waals surface area (Å²) in [6, 6.07) is 15.1. The highest BCUT2D eigenvalue weighted by atomic mass is 19.4. The summed E-state index contributed by atoms with van der Waals surface area (Å²) in [5.74, 6) is 0.0434. The van der Waals surface area contributed by atoms with Crippen molar-refractivity contribution < 1.29 is 18.0 Å². The maximum atomic E-state index is 12.8. The van der Waals surface area contributed by atoms with Gasteiger partial charge in [0, 0.05) is 18.6 Å². The number of hydrogen-bond acceptors (Lipinski definition) is 2. The minimum atomic E-state index is -4.33. The molecule has 0 spiro atoms. The molecular weight excluding hydrogens is 379 g/mol. The van der Waals surface area contributed by atoms with E-state index in [0.717, 1.165) is 12.5 Å². The number of benzene rings is 2. The zero-order chi connectivity index (χ0) is 20.9. The Balaban J connectivity index is 1.34. The standard InChI is InChI=1S/C22H26F3N3O/c23-22(24,25)18-8-4-7-16(12-18)17-13-20(14-17)28-21(29)27-10-9-19(26)11-15-5-2-1-3-6-15/h1-8,12,17,19-20H,9-11,13-14,26H2,(H2,27,28,29). The molecule has 0 saturated heterocycles. The van der Waals surface area contributed by atoms with Gasteiger partial charge in [-0.25, -0.2) is 4.79 Å². The molecule has 2 aromatic carbocycles. The number of halogens is 3. The lowest BCUT2D eigenvalue weighted by Crippen LogP contribution is -2.48. The Morgan fingerprint density at radius 3 is 2.52 bits per heavy atom. The first kappa shape index (κ1) is 21.2. The number of carbonyl (C=O) groups is 1. The van der Waals surface area contributed by atoms with Crippen LogP contribution in [0.3, 0.4) is 0 Å². The molecule has 2 aromatic rings. The van der Waals surface area contributed by atoms with E-state index in [4.69, 9.17) is 5.73 Å². The van der Waals surface area contributed by atoms with E-state index >= 15 is 0 Å². The summed E-state index contributed by atoms with van der Waals surface area (Å²) in [5.41, 5.74) is 7.31. The van der Waals surface area contributed by atoms with Crippen molar-refractivity contribution in [2.24, 2.45) is 5.73 Å². The highest BCUT2D eigenvalue weighted by Crippen LogP contribution is 2.39. The summed E-state index contributed by atoms with van der Waals surface area (Å²) in [5, 5.41) is 5.67. The fourth-order valence-electron chi connectivity index (χ4n) is 3.60. The average molecular weight is 405 g/mol. The van der Waals surface area contributed by atoms with Gasteiger partial charge in [-0.3, -0.25) is 0 Å². The number of urea groups is 1. The molecule has 0 bridgehead atoms. The Labute approximate surface area is 168 Å². The van der Waals surface area contributed by atoms with Crippen molar-refractivity contribution in [3.05, 3.63) is 71.3 Å². The molecule has 0 aromatic heterocycles. The number of carbonyl (C=O) groups excluding carboxylic acids is 1. The topological polar surface area (TPSA) is 67.1 Å². The molecular formula is C22H26F3N3O. The van der Waals surface area contributed by atoms with Gasteiger partial charge in [-0.15, -0.1) is 0 Å². The van der Waals surface area contributed by atoms with E-state index in [9.17, 15) is 18.0 Å². The van der Waals surface area contributed by atoms with Crippen molar-refractivity contribution in [1.82, 2.24) is 10.6 Å². The van der Waals surface area contributed by atoms with E-state index in [0.29, 0.717) is 31.4 Å². The van der Waals surface area contributed by atoms with Crippen LogP contribution in [0.15, 0.2) is 54.6 Å². The second-order valence-corrected chi connectivity index (χ2v) is 7.63. The van der Waals surface area contributed by atoms with Gasteiger partial charge in [-0.1, -0.05) is 48.5 Å². The minimum absolute atomic E-state index is 0.0208. The number of hydrogen-bond donors (Lipinski definition) is 3. The predicted molar refractivity (Wildman–Crippen MR) is 106 cm³/mol. The summed E-state index contributed by atoms with van der Waals surface area (Å²) in [7, 11) is 0. The summed E-state index contributed by atoms with van der Waals surface area (Å²) in [6.07, 6.45) is -1.63. The van der Waals surface area contributed by atoms with Crippen LogP contribution in [-0.2, 0) is 12.6 Å². The zero-order valence-electron chi connectivity index (χ0n) is 16.1. The van der Waals surface area contributed by atoms with Crippen molar-refractivity contribution in [2.75, 3.05) is 6.54 Å². The van der Waals surface area contributed by atoms with E-state index in [1.165, 1.54) is 17.7 Å². The Bertz CT molecular complexity index is 804. The van der Waals surface area contributed by atoms with Gasteiger partial charge in [0.1, 0.15) is 0 Å². The Morgan fingerprint density at radius 2 is 1.83 bits per heavy atom. The molecule has 7 heteroatoms. The zero-order valence-corrected chi connectivity index (χ0v) is 16.1. The maximum absolute atomic E-state index is 12.8. The highest BCUT2D eigenvalue weighted by Gasteiger charge is 2.34. The van der Waals surface area contributed by atoms with E-state index in [1.54, 1.807) is 6.07 Å². The van der Waals surface area contributed by atoms with Crippen molar-refractivity contribution in [3.8, 4) is 0 Å². The minimum Gasteiger partial charge on any atom is -0.338 e. The second-order valence-electron chi connectivity index (χ2n) is 7.63. The molecule has 1 aliphatic carbocycles. The first-order chi connectivity index (χ1) is 13.8. The average Bonchev–Trinajstić information content (AvgIpc) is 2.64. The van der Waals surface area contributed by atoms with E-state index in [-0.39, 0.29) is 24.0 Å². The van der Waals surface area contributed by atoms with Gasteiger partial charge in [-0.2, -0.15) is 13.2 Å². The van der Waals surface area contributed by atoms with Crippen molar-refractivity contribution >= 4 is 6.03 Å². The number of nitrogens with two attached hydrogens (primary N) is 1. The molecule has 0 heterocycles. The van der Waals surface area contributed by atoms with Crippen LogP contribution in [0.5, 0.6) is 0 Å². The number of rotatable bonds is 7. The lowest BCUT2D eigenvalue weighted by atomic mass is 9.75. The fourth-order valence-corrected chi connectivity index (χ4v) is 3.60. The van der Waals surface area contributed by atoms with Crippen molar-refractivity contribution in [3.63, 3.8) is 0 Å². The van der Waals surface area contributed by atoms with E-state index < -0.39 is 11.7 Å². The molecule has 1 atom stereocenters. The molecule has 4 nitrogen and oxygen atoms in total. The van der Waals surface area contributed by atoms with Crippen LogP contribution in [0.2, 0.25) is 0 Å². The third-order valence-corrected chi connectivity index (χ3v) is 5.30. The molecule has 1 aliphatic rings. The first-order valence-corrected chi connectivity index (χ1v) is 9.82. The molecule has 2 amide bonds. The summed E-state index contributed by atoms with van der Waals surface area (Å²) in [6.45, 7) is 0.476. The largest absolute Gasteiger partial charge is 0.416 e. The van der Waals surface area contributed by atoms with Crippen LogP contribution in [0.25, 0.3) is 0 Å². The molecule has 156 valence electrons. The third kappa shape index (κ3) is 6.22. The van der Waals surface area contributed by atoms with Gasteiger partial charge in [0.25, 0.3) is 0 Å². The van der Waals surface area contributed by atoms with E-state index in [2.05, 4.69) is 10.6 Å². The lowest BCUT2D eigenvalue weighted by molar-refractivity contribution is -0.137. The van der Waals surface area contributed by atoms with Crippen LogP contribution in [0.1, 0.15) is 41.9 Å². The molecule has 1 fully saturated rings. The van der Waals surface area contributed by atoms with Crippen LogP contribution >= 0.6 is 0 Å². The van der Waals surface area contributed by atoms with Gasteiger partial charge in [-0.05, 0) is 48.8 Å². The molecule has 0 aliphatic heterocycles. The first-order valence-electron chi connectivity index (χ1n) is 9.82. The summed E-state index contributed by atoms with van der Waals surface area (Å²) >= 11 is 0. The van der Waals surface area contributed by atoms with Gasteiger partial charge in [0.05, 0.1) is 5.56 Å². The van der Waals surface area contributed by atoms with Gasteiger partial charge in [0.2, 0.25) is 0 Å². The highest BCUT2D eigenvalue weighted by molar-refractivity contribution is 5.74. The monoisotopic (exact) mass is 405 g/mol. The molecule has 4 N–H and O–H groups in total. The van der Waals surface area contributed by atoms with Crippen molar-refractivity contribution in [1.29, 1.82) is 0 Å². The summed E-state index contributed by atoms with van der Waals surface area (Å²) < 4.78 is 38.5. The Morgan fingerprint density at radius 1 is 1.10 bits per heavy atom. The third-order valence-electron chi connectivity index (χ3n) is 5.30. The second kappa shape index (κ2) is 9.31. The smallest absolute Gasteiger partial charge is 0.338 e. The molecule has 3 rings (SSSR count). The van der Waals surface area contributed by atoms with Gasteiger partial charge >= 0.3 is 12.2 Å². The molecule has 0 radical (unpaired) electrons. The number of amides is 2. The SMILES string of the molecule is NC(CCNC(=O)NC1CC(c2cccc(C(F)(F)F)c2)C1)Cc1ccccc1. The molecule has 1 saturated carbocycles. The van der Waals surface area contributed by atoms with Crippen molar-refractivity contribution in [2.45, 2.75) is 49.9 Å². The van der Waals surface area contributed by atoms with Gasteiger partial charge in [0.15, 0.2) is 0 Å². The number of alkyl halides is 3. The van der Waals surface area contributed by atoms with E-state index in [1.807, 2.05) is 30.3 Å².